The summed E-state index contributed by atoms with van der Waals surface area (Å²) in [5.41, 5.74) is 16.5. The summed E-state index contributed by atoms with van der Waals surface area (Å²) in [6.07, 6.45) is 0. The third-order valence-electron chi connectivity index (χ3n) is 4.36. The van der Waals surface area contributed by atoms with Gasteiger partial charge in [-0.3, -0.25) is 0 Å². The number of hydrogen-bond donors (Lipinski definition) is 2. The van der Waals surface area contributed by atoms with Crippen LogP contribution in [-0.2, 0) is 4.74 Å². The van der Waals surface area contributed by atoms with E-state index in [1.165, 1.54) is 7.11 Å². The lowest BCUT2D eigenvalue weighted by molar-refractivity contribution is 0.0601. The number of methoxy groups -OCH3 is 1. The normalized spacial score (nSPS) is 9.52. The standard InChI is InChI=1S/C20H17N3O2.3C2H6/c1-25-20(24)14-4-2-3-5-17(14)23-18-8-6-12(21)10-15(18)16-11-13(22)7-9-19(16)23;3*1-2/h2-11H,21-22H2,1H3;3*1-2H3. The molecule has 4 aromatic rings. The van der Waals surface area contributed by atoms with E-state index in [1.807, 2.05) is 101 Å². The van der Waals surface area contributed by atoms with E-state index in [1.54, 1.807) is 6.07 Å². The molecule has 4 rings (SSSR count). The summed E-state index contributed by atoms with van der Waals surface area (Å²) >= 11 is 0. The maximum absolute atomic E-state index is 12.2. The number of esters is 1. The molecule has 5 nitrogen and oxygen atoms in total. The Morgan fingerprint density at radius 2 is 1.19 bits per heavy atom. The molecule has 1 aromatic heterocycles. The maximum Gasteiger partial charge on any atom is 0.339 e. The first-order valence-corrected chi connectivity index (χ1v) is 10.9. The van der Waals surface area contributed by atoms with E-state index in [9.17, 15) is 4.79 Å². The zero-order valence-electron chi connectivity index (χ0n) is 19.7. The first-order valence-electron chi connectivity index (χ1n) is 10.9. The third-order valence-corrected chi connectivity index (χ3v) is 4.36. The lowest BCUT2D eigenvalue weighted by Crippen LogP contribution is -2.07. The van der Waals surface area contributed by atoms with Gasteiger partial charge in [0.15, 0.2) is 0 Å². The summed E-state index contributed by atoms with van der Waals surface area (Å²) in [5, 5.41) is 1.98. The van der Waals surface area contributed by atoms with Crippen molar-refractivity contribution in [3.8, 4) is 5.69 Å². The lowest BCUT2D eigenvalue weighted by Gasteiger charge is -2.12. The molecular formula is C26H35N3O2. The quantitative estimate of drug-likeness (QED) is 0.275. The number of carbonyl (C=O) groups is 1. The molecule has 0 saturated heterocycles. The predicted octanol–water partition coefficient (Wildman–Crippen LogP) is 6.81. The molecule has 0 unspecified atom stereocenters. The highest BCUT2D eigenvalue weighted by Gasteiger charge is 2.18. The first-order chi connectivity index (χ1) is 15.1. The van der Waals surface area contributed by atoms with Crippen LogP contribution in [0, 0.1) is 0 Å². The average molecular weight is 422 g/mol. The monoisotopic (exact) mass is 421 g/mol. The van der Waals surface area contributed by atoms with Gasteiger partial charge in [-0.1, -0.05) is 53.7 Å². The number of nitrogens with zero attached hydrogens (tertiary/aromatic N) is 1. The number of anilines is 2. The smallest absolute Gasteiger partial charge is 0.339 e. The number of hydrogen-bond acceptors (Lipinski definition) is 4. The van der Waals surface area contributed by atoms with Gasteiger partial charge in [-0.05, 0) is 48.5 Å². The van der Waals surface area contributed by atoms with Crippen LogP contribution in [0.4, 0.5) is 11.4 Å². The molecule has 0 saturated carbocycles. The fraction of sp³-hybridized carbons (Fsp3) is 0.269. The Hall–Kier alpha value is -3.47. The van der Waals surface area contributed by atoms with Crippen molar-refractivity contribution >= 4 is 39.1 Å². The van der Waals surface area contributed by atoms with Gasteiger partial charge in [-0.15, -0.1) is 0 Å². The number of aromatic nitrogens is 1. The van der Waals surface area contributed by atoms with Gasteiger partial charge in [0.1, 0.15) is 0 Å². The van der Waals surface area contributed by atoms with E-state index in [-0.39, 0.29) is 5.97 Å². The zero-order chi connectivity index (χ0) is 23.6. The van der Waals surface area contributed by atoms with Crippen LogP contribution < -0.4 is 11.5 Å². The summed E-state index contributed by atoms with van der Waals surface area (Å²) in [7, 11) is 1.38. The summed E-state index contributed by atoms with van der Waals surface area (Å²) in [6.45, 7) is 12.0. The molecule has 0 bridgehead atoms. The largest absolute Gasteiger partial charge is 0.465 e. The summed E-state index contributed by atoms with van der Waals surface area (Å²) in [6, 6.07) is 18.8. The van der Waals surface area contributed by atoms with E-state index in [4.69, 9.17) is 16.2 Å². The van der Waals surface area contributed by atoms with Crippen molar-refractivity contribution < 1.29 is 9.53 Å². The van der Waals surface area contributed by atoms with Crippen molar-refractivity contribution in [2.45, 2.75) is 41.5 Å². The van der Waals surface area contributed by atoms with Crippen molar-refractivity contribution in [2.75, 3.05) is 18.6 Å². The Balaban J connectivity index is 0.000000739. The van der Waals surface area contributed by atoms with Gasteiger partial charge in [0, 0.05) is 22.1 Å². The fourth-order valence-electron chi connectivity index (χ4n) is 3.27. The number of ether oxygens (including phenoxy) is 1. The minimum absolute atomic E-state index is 0.378. The van der Waals surface area contributed by atoms with Crippen molar-refractivity contribution in [1.29, 1.82) is 0 Å². The van der Waals surface area contributed by atoms with Crippen LogP contribution in [-0.4, -0.2) is 17.6 Å². The molecule has 31 heavy (non-hydrogen) atoms. The second-order valence-electron chi connectivity index (χ2n) is 5.90. The molecule has 4 N–H and O–H groups in total. The predicted molar refractivity (Wildman–Crippen MR) is 135 cm³/mol. The zero-order valence-corrected chi connectivity index (χ0v) is 19.7. The SMILES string of the molecule is CC.CC.CC.COC(=O)c1ccccc1-n1c2ccc(N)cc2c2cc(N)ccc21. The number of nitrogen functional groups attached to an aromatic ring is 2. The van der Waals surface area contributed by atoms with Crippen LogP contribution in [0.25, 0.3) is 27.5 Å². The van der Waals surface area contributed by atoms with Crippen LogP contribution in [0.3, 0.4) is 0 Å². The van der Waals surface area contributed by atoms with E-state index < -0.39 is 0 Å². The van der Waals surface area contributed by atoms with Crippen LogP contribution in [0.2, 0.25) is 0 Å². The highest BCUT2D eigenvalue weighted by molar-refractivity contribution is 6.11. The minimum atomic E-state index is -0.378. The number of rotatable bonds is 2. The second kappa shape index (κ2) is 12.3. The van der Waals surface area contributed by atoms with Gasteiger partial charge in [-0.2, -0.15) is 0 Å². The molecular weight excluding hydrogens is 386 g/mol. The van der Waals surface area contributed by atoms with Crippen LogP contribution in [0.5, 0.6) is 0 Å². The molecule has 3 aromatic carbocycles. The molecule has 0 spiro atoms. The number of benzene rings is 3. The highest BCUT2D eigenvalue weighted by Crippen LogP contribution is 2.35. The van der Waals surface area contributed by atoms with E-state index in [2.05, 4.69) is 0 Å². The topological polar surface area (TPSA) is 83.3 Å². The minimum Gasteiger partial charge on any atom is -0.465 e. The van der Waals surface area contributed by atoms with Gasteiger partial charge in [-0.25, -0.2) is 4.79 Å². The molecule has 0 aliphatic heterocycles. The lowest BCUT2D eigenvalue weighted by atomic mass is 10.1. The van der Waals surface area contributed by atoms with E-state index >= 15 is 0 Å². The molecule has 0 amide bonds. The van der Waals surface area contributed by atoms with Crippen LogP contribution in [0.1, 0.15) is 51.9 Å². The summed E-state index contributed by atoms with van der Waals surface area (Å²) < 4.78 is 6.98. The Morgan fingerprint density at radius 3 is 1.65 bits per heavy atom. The molecule has 166 valence electrons. The molecule has 0 aliphatic carbocycles. The molecule has 5 heteroatoms. The average Bonchev–Trinajstić information content (AvgIpc) is 3.15. The fourth-order valence-corrected chi connectivity index (χ4v) is 3.27. The Morgan fingerprint density at radius 1 is 0.742 bits per heavy atom. The van der Waals surface area contributed by atoms with Gasteiger partial charge in [0.2, 0.25) is 0 Å². The maximum atomic E-state index is 12.2. The third kappa shape index (κ3) is 5.18. The van der Waals surface area contributed by atoms with Crippen molar-refractivity contribution in [2.24, 2.45) is 0 Å². The van der Waals surface area contributed by atoms with Gasteiger partial charge >= 0.3 is 5.97 Å². The first kappa shape index (κ1) is 25.6. The molecule has 0 atom stereocenters. The van der Waals surface area contributed by atoms with Crippen molar-refractivity contribution in [1.82, 2.24) is 4.57 Å². The number of nitrogens with two attached hydrogens (primary N) is 2. The Kier molecular flexibility index (Phi) is 10.1. The Bertz CT molecular complexity index is 1070. The summed E-state index contributed by atoms with van der Waals surface area (Å²) in [4.78, 5) is 12.2. The van der Waals surface area contributed by atoms with Crippen LogP contribution >= 0.6 is 0 Å². The highest BCUT2D eigenvalue weighted by atomic mass is 16.5. The molecule has 0 fully saturated rings. The molecule has 1 heterocycles. The summed E-state index contributed by atoms with van der Waals surface area (Å²) in [5.74, 6) is -0.378. The second-order valence-corrected chi connectivity index (χ2v) is 5.90. The van der Waals surface area contributed by atoms with E-state index in [0.717, 1.165) is 27.5 Å². The van der Waals surface area contributed by atoms with Crippen molar-refractivity contribution in [3.05, 3.63) is 66.2 Å². The number of carbonyl (C=O) groups excluding carboxylic acids is 1. The number of para-hydroxylation sites is 1. The molecule has 0 radical (unpaired) electrons. The van der Waals surface area contributed by atoms with Gasteiger partial charge in [0.25, 0.3) is 0 Å². The number of fused-ring (bicyclic) bond motifs is 3. The molecule has 0 aliphatic rings. The van der Waals surface area contributed by atoms with E-state index in [0.29, 0.717) is 16.9 Å². The van der Waals surface area contributed by atoms with Gasteiger partial charge in [0.05, 0.1) is 29.4 Å². The van der Waals surface area contributed by atoms with Gasteiger partial charge < -0.3 is 20.8 Å². The Labute approximate surface area is 185 Å². The van der Waals surface area contributed by atoms with Crippen molar-refractivity contribution in [3.63, 3.8) is 0 Å². The van der Waals surface area contributed by atoms with Crippen LogP contribution in [0.15, 0.2) is 60.7 Å².